The number of amides is 1. The fourth-order valence-electron chi connectivity index (χ4n) is 2.95. The van der Waals surface area contributed by atoms with E-state index in [0.29, 0.717) is 17.4 Å². The number of rotatable bonds is 3. The number of nitrogens with zero attached hydrogens (tertiary/aromatic N) is 4. The van der Waals surface area contributed by atoms with Gasteiger partial charge in [0.15, 0.2) is 11.0 Å². The molecule has 0 radical (unpaired) electrons. The highest BCUT2D eigenvalue weighted by Gasteiger charge is 2.31. The minimum atomic E-state index is -0.531. The fraction of sp³-hybridized carbons (Fsp3) is 0.615. The van der Waals surface area contributed by atoms with E-state index in [-0.39, 0.29) is 5.15 Å². The van der Waals surface area contributed by atoms with Crippen molar-refractivity contribution in [2.24, 2.45) is 5.73 Å². The maximum absolute atomic E-state index is 11.6. The van der Waals surface area contributed by atoms with Crippen molar-refractivity contribution in [3.8, 4) is 0 Å². The van der Waals surface area contributed by atoms with Crippen molar-refractivity contribution in [3.63, 3.8) is 0 Å². The van der Waals surface area contributed by atoms with Crippen LogP contribution < -0.4 is 10.6 Å². The average Bonchev–Trinajstić information content (AvgIpc) is 2.97. The van der Waals surface area contributed by atoms with E-state index in [1.165, 1.54) is 6.07 Å². The van der Waals surface area contributed by atoms with Crippen LogP contribution in [0.1, 0.15) is 16.8 Å². The Morgan fingerprint density at radius 1 is 1.33 bits per heavy atom. The highest BCUT2D eigenvalue weighted by atomic mass is 35.5. The molecule has 0 aliphatic carbocycles. The third-order valence-corrected chi connectivity index (χ3v) is 4.22. The molecular formula is C13H18ClN5O2. The summed E-state index contributed by atoms with van der Waals surface area (Å²) in [7, 11) is 0. The molecule has 2 N–H and O–H groups in total. The Kier molecular flexibility index (Phi) is 4.23. The number of halogens is 1. The van der Waals surface area contributed by atoms with Crippen LogP contribution in [-0.4, -0.2) is 66.4 Å². The van der Waals surface area contributed by atoms with Gasteiger partial charge in [0.05, 0.1) is 18.8 Å². The number of morpholine rings is 1. The van der Waals surface area contributed by atoms with Crippen molar-refractivity contribution in [1.29, 1.82) is 0 Å². The van der Waals surface area contributed by atoms with E-state index >= 15 is 0 Å². The second kappa shape index (κ2) is 6.13. The number of hydrogen-bond donors (Lipinski definition) is 1. The third kappa shape index (κ3) is 3.09. The monoisotopic (exact) mass is 311 g/mol. The molecule has 7 nitrogen and oxygen atoms in total. The van der Waals surface area contributed by atoms with E-state index < -0.39 is 5.91 Å². The van der Waals surface area contributed by atoms with Crippen LogP contribution in [0.4, 0.5) is 5.82 Å². The first-order valence-electron chi connectivity index (χ1n) is 7.05. The number of hydrogen-bond acceptors (Lipinski definition) is 6. The molecule has 1 aromatic heterocycles. The number of aromatic nitrogens is 2. The van der Waals surface area contributed by atoms with Gasteiger partial charge in [-0.05, 0) is 12.5 Å². The summed E-state index contributed by atoms with van der Waals surface area (Å²) in [6.07, 6.45) is 1.03. The van der Waals surface area contributed by atoms with Gasteiger partial charge in [0.25, 0.3) is 5.91 Å². The first-order valence-corrected chi connectivity index (χ1v) is 7.42. The number of primary amides is 1. The Bertz CT molecular complexity index is 535. The number of anilines is 1. The molecule has 0 spiro atoms. The molecule has 2 saturated heterocycles. The predicted molar refractivity (Wildman–Crippen MR) is 78.6 cm³/mol. The summed E-state index contributed by atoms with van der Waals surface area (Å²) >= 11 is 5.80. The molecule has 3 rings (SSSR count). The Hall–Kier alpha value is -1.44. The molecular weight excluding hydrogens is 294 g/mol. The number of ether oxygens (including phenoxy) is 1. The second-order valence-corrected chi connectivity index (χ2v) is 5.69. The Balaban J connectivity index is 1.75. The standard InChI is InChI=1S/C13H18ClN5O2/c14-11-7-10(12(15)20)13(17-16-11)19-2-1-9(8-19)18-3-5-21-6-4-18/h7,9H,1-6,8H2,(H2,15,20). The molecule has 1 atom stereocenters. The van der Waals surface area contributed by atoms with Crippen LogP contribution in [0, 0.1) is 0 Å². The van der Waals surface area contributed by atoms with Gasteiger partial charge in [-0.2, -0.15) is 0 Å². The predicted octanol–water partition coefficient (Wildman–Crippen LogP) is 0.140. The average molecular weight is 312 g/mol. The molecule has 1 unspecified atom stereocenters. The molecule has 8 heteroatoms. The van der Waals surface area contributed by atoms with Crippen molar-refractivity contribution >= 4 is 23.3 Å². The summed E-state index contributed by atoms with van der Waals surface area (Å²) in [4.78, 5) is 16.0. The highest BCUT2D eigenvalue weighted by molar-refractivity contribution is 6.29. The molecule has 2 aliphatic rings. The lowest BCUT2D eigenvalue weighted by Crippen LogP contribution is -2.44. The molecule has 2 aliphatic heterocycles. The lowest BCUT2D eigenvalue weighted by Gasteiger charge is -2.32. The maximum atomic E-state index is 11.6. The Morgan fingerprint density at radius 2 is 2.10 bits per heavy atom. The summed E-state index contributed by atoms with van der Waals surface area (Å²) in [5.74, 6) is -0.000665. The molecule has 0 bridgehead atoms. The zero-order valence-electron chi connectivity index (χ0n) is 11.7. The molecule has 21 heavy (non-hydrogen) atoms. The zero-order valence-corrected chi connectivity index (χ0v) is 12.4. The quantitative estimate of drug-likeness (QED) is 0.855. The first kappa shape index (κ1) is 14.5. The number of carbonyl (C=O) groups is 1. The number of carbonyl (C=O) groups excluding carboxylic acids is 1. The van der Waals surface area contributed by atoms with Gasteiger partial charge in [0, 0.05) is 32.2 Å². The highest BCUT2D eigenvalue weighted by Crippen LogP contribution is 2.25. The van der Waals surface area contributed by atoms with Gasteiger partial charge in [0.1, 0.15) is 0 Å². The molecule has 2 fully saturated rings. The molecule has 1 amide bonds. The van der Waals surface area contributed by atoms with Gasteiger partial charge in [0.2, 0.25) is 0 Å². The minimum Gasteiger partial charge on any atom is -0.379 e. The second-order valence-electron chi connectivity index (χ2n) is 5.31. The molecule has 3 heterocycles. The smallest absolute Gasteiger partial charge is 0.252 e. The van der Waals surface area contributed by atoms with Crippen LogP contribution in [0.2, 0.25) is 5.15 Å². The van der Waals surface area contributed by atoms with Crippen LogP contribution in [0.3, 0.4) is 0 Å². The van der Waals surface area contributed by atoms with E-state index in [2.05, 4.69) is 20.0 Å². The summed E-state index contributed by atoms with van der Waals surface area (Å²) in [5, 5.41) is 8.07. The summed E-state index contributed by atoms with van der Waals surface area (Å²) < 4.78 is 5.38. The molecule has 0 saturated carbocycles. The SMILES string of the molecule is NC(=O)c1cc(Cl)nnc1N1CCC(N2CCOCC2)C1. The number of nitrogens with two attached hydrogens (primary N) is 1. The summed E-state index contributed by atoms with van der Waals surface area (Å²) in [5.41, 5.74) is 5.74. The van der Waals surface area contributed by atoms with Crippen molar-refractivity contribution < 1.29 is 9.53 Å². The van der Waals surface area contributed by atoms with Crippen molar-refractivity contribution in [2.45, 2.75) is 12.5 Å². The van der Waals surface area contributed by atoms with E-state index in [4.69, 9.17) is 22.1 Å². The lowest BCUT2D eigenvalue weighted by atomic mass is 10.2. The van der Waals surface area contributed by atoms with Crippen LogP contribution in [0.15, 0.2) is 6.07 Å². The van der Waals surface area contributed by atoms with Crippen LogP contribution in [0.25, 0.3) is 0 Å². The van der Waals surface area contributed by atoms with Crippen LogP contribution in [-0.2, 0) is 4.74 Å². The van der Waals surface area contributed by atoms with Gasteiger partial charge in [-0.25, -0.2) is 0 Å². The summed E-state index contributed by atoms with van der Waals surface area (Å²) in [6.45, 7) is 5.11. The molecule has 114 valence electrons. The van der Waals surface area contributed by atoms with E-state index in [1.54, 1.807) is 0 Å². The van der Waals surface area contributed by atoms with Gasteiger partial charge in [-0.1, -0.05) is 11.6 Å². The van der Waals surface area contributed by atoms with Gasteiger partial charge < -0.3 is 15.4 Å². The van der Waals surface area contributed by atoms with E-state index in [9.17, 15) is 4.79 Å². The van der Waals surface area contributed by atoms with E-state index in [1.807, 2.05) is 0 Å². The fourth-order valence-corrected chi connectivity index (χ4v) is 3.10. The molecule has 0 aromatic carbocycles. The van der Waals surface area contributed by atoms with Crippen LogP contribution in [0.5, 0.6) is 0 Å². The summed E-state index contributed by atoms with van der Waals surface area (Å²) in [6, 6.07) is 1.93. The maximum Gasteiger partial charge on any atom is 0.252 e. The largest absolute Gasteiger partial charge is 0.379 e. The normalized spacial score (nSPS) is 23.5. The van der Waals surface area contributed by atoms with Gasteiger partial charge in [-0.3, -0.25) is 9.69 Å². The van der Waals surface area contributed by atoms with Crippen molar-refractivity contribution in [3.05, 3.63) is 16.8 Å². The zero-order chi connectivity index (χ0) is 14.8. The van der Waals surface area contributed by atoms with E-state index in [0.717, 1.165) is 45.8 Å². The minimum absolute atomic E-state index is 0.177. The Labute approximate surface area is 128 Å². The Morgan fingerprint density at radius 3 is 2.81 bits per heavy atom. The van der Waals surface area contributed by atoms with Crippen LogP contribution >= 0.6 is 11.6 Å². The van der Waals surface area contributed by atoms with Crippen molar-refractivity contribution in [1.82, 2.24) is 15.1 Å². The van der Waals surface area contributed by atoms with Gasteiger partial charge in [-0.15, -0.1) is 10.2 Å². The lowest BCUT2D eigenvalue weighted by molar-refractivity contribution is 0.0209. The first-order chi connectivity index (χ1) is 10.1. The van der Waals surface area contributed by atoms with Gasteiger partial charge >= 0.3 is 0 Å². The topological polar surface area (TPSA) is 84.6 Å². The molecule has 1 aromatic rings. The van der Waals surface area contributed by atoms with Crippen molar-refractivity contribution in [2.75, 3.05) is 44.3 Å². The third-order valence-electron chi connectivity index (χ3n) is 4.04.